The monoisotopic (exact) mass is 398 g/mol. The molecule has 0 bridgehead atoms. The van der Waals surface area contributed by atoms with E-state index in [1.54, 1.807) is 0 Å². The number of benzene rings is 3. The van der Waals surface area contributed by atoms with Gasteiger partial charge < -0.3 is 9.47 Å². The van der Waals surface area contributed by atoms with E-state index in [9.17, 15) is 18.0 Å². The van der Waals surface area contributed by atoms with Crippen molar-refractivity contribution >= 4 is 5.97 Å². The highest BCUT2D eigenvalue weighted by Crippen LogP contribution is 2.48. The second-order valence-electron chi connectivity index (χ2n) is 6.71. The molecule has 6 heteroatoms. The SMILES string of the molecule is COC(=O)[C@@H]1O[C@H]1c1c(-c2ccccc2)cccc1-c1ccc(C(F)(F)F)cc1. The molecular formula is C23H17F3O3. The first-order valence-electron chi connectivity index (χ1n) is 8.99. The summed E-state index contributed by atoms with van der Waals surface area (Å²) in [5, 5.41) is 0. The summed E-state index contributed by atoms with van der Waals surface area (Å²) in [5.74, 6) is -0.476. The first kappa shape index (κ1) is 19.2. The third-order valence-corrected chi connectivity index (χ3v) is 4.92. The summed E-state index contributed by atoms with van der Waals surface area (Å²) in [4.78, 5) is 11.9. The summed E-state index contributed by atoms with van der Waals surface area (Å²) in [6.07, 6.45) is -5.64. The Kier molecular flexibility index (Phi) is 4.88. The van der Waals surface area contributed by atoms with Crippen LogP contribution in [0.3, 0.4) is 0 Å². The van der Waals surface area contributed by atoms with E-state index >= 15 is 0 Å². The van der Waals surface area contributed by atoms with Crippen LogP contribution in [0.15, 0.2) is 72.8 Å². The molecule has 1 heterocycles. The first-order chi connectivity index (χ1) is 13.9. The third-order valence-electron chi connectivity index (χ3n) is 4.92. The first-order valence-corrected chi connectivity index (χ1v) is 8.99. The van der Waals surface area contributed by atoms with Crippen LogP contribution in [-0.4, -0.2) is 19.2 Å². The molecule has 3 aromatic rings. The van der Waals surface area contributed by atoms with E-state index in [0.717, 1.165) is 34.4 Å². The molecule has 148 valence electrons. The number of alkyl halides is 3. The molecule has 0 N–H and O–H groups in total. The van der Waals surface area contributed by atoms with Gasteiger partial charge in [0.1, 0.15) is 6.10 Å². The molecule has 0 aromatic heterocycles. The van der Waals surface area contributed by atoms with Crippen molar-refractivity contribution in [3.05, 3.63) is 83.9 Å². The maximum Gasteiger partial charge on any atom is 0.416 e. The van der Waals surface area contributed by atoms with E-state index in [2.05, 4.69) is 0 Å². The van der Waals surface area contributed by atoms with E-state index in [1.165, 1.54) is 19.2 Å². The predicted molar refractivity (Wildman–Crippen MR) is 102 cm³/mol. The van der Waals surface area contributed by atoms with Crippen LogP contribution in [0.25, 0.3) is 22.3 Å². The van der Waals surface area contributed by atoms with Crippen LogP contribution >= 0.6 is 0 Å². The Morgan fingerprint density at radius 3 is 2.00 bits per heavy atom. The van der Waals surface area contributed by atoms with Crippen molar-refractivity contribution < 1.29 is 27.4 Å². The quantitative estimate of drug-likeness (QED) is 0.421. The molecule has 0 amide bonds. The minimum absolute atomic E-state index is 0.476. The molecular weight excluding hydrogens is 381 g/mol. The van der Waals surface area contributed by atoms with Gasteiger partial charge in [-0.25, -0.2) is 4.79 Å². The van der Waals surface area contributed by atoms with Gasteiger partial charge >= 0.3 is 12.1 Å². The van der Waals surface area contributed by atoms with Gasteiger partial charge in [0.15, 0.2) is 6.10 Å². The maximum absolute atomic E-state index is 12.9. The summed E-state index contributed by atoms with van der Waals surface area (Å²) in [7, 11) is 1.29. The van der Waals surface area contributed by atoms with Crippen molar-refractivity contribution in [3.63, 3.8) is 0 Å². The Labute approximate surface area is 165 Å². The van der Waals surface area contributed by atoms with E-state index in [4.69, 9.17) is 9.47 Å². The number of hydrogen-bond acceptors (Lipinski definition) is 3. The number of esters is 1. The molecule has 0 aliphatic carbocycles. The van der Waals surface area contributed by atoms with E-state index in [-0.39, 0.29) is 0 Å². The Morgan fingerprint density at radius 1 is 0.862 bits per heavy atom. The number of hydrogen-bond donors (Lipinski definition) is 0. The molecule has 0 unspecified atom stereocenters. The van der Waals surface area contributed by atoms with E-state index in [1.807, 2.05) is 48.5 Å². The normalized spacial score (nSPS) is 18.3. The zero-order valence-electron chi connectivity index (χ0n) is 15.4. The second-order valence-corrected chi connectivity index (χ2v) is 6.71. The molecule has 3 nitrogen and oxygen atoms in total. The number of halogens is 3. The van der Waals surface area contributed by atoms with Gasteiger partial charge in [0.05, 0.1) is 12.7 Å². The Morgan fingerprint density at radius 2 is 1.45 bits per heavy atom. The van der Waals surface area contributed by atoms with Crippen molar-refractivity contribution in [2.75, 3.05) is 7.11 Å². The lowest BCUT2D eigenvalue weighted by molar-refractivity contribution is -0.142. The number of rotatable bonds is 4. The minimum atomic E-state index is -4.40. The van der Waals surface area contributed by atoms with Crippen LogP contribution in [0, 0.1) is 0 Å². The number of carbonyl (C=O) groups is 1. The fourth-order valence-corrected chi connectivity index (χ4v) is 3.46. The lowest BCUT2D eigenvalue weighted by atomic mass is 9.89. The van der Waals surface area contributed by atoms with E-state index < -0.39 is 29.9 Å². The minimum Gasteiger partial charge on any atom is -0.467 e. The van der Waals surface area contributed by atoms with Crippen LogP contribution in [0.1, 0.15) is 17.2 Å². The van der Waals surface area contributed by atoms with Crippen LogP contribution in [0.5, 0.6) is 0 Å². The van der Waals surface area contributed by atoms with Gasteiger partial charge in [-0.2, -0.15) is 13.2 Å². The third kappa shape index (κ3) is 3.76. The van der Waals surface area contributed by atoms with Gasteiger partial charge in [0.25, 0.3) is 0 Å². The second kappa shape index (κ2) is 7.37. The number of ether oxygens (including phenoxy) is 2. The van der Waals surface area contributed by atoms with Gasteiger partial charge in [0, 0.05) is 0 Å². The smallest absolute Gasteiger partial charge is 0.416 e. The lowest BCUT2D eigenvalue weighted by Crippen LogP contribution is -2.10. The van der Waals surface area contributed by atoms with E-state index in [0.29, 0.717) is 5.56 Å². The Hall–Kier alpha value is -3.12. The zero-order valence-corrected chi connectivity index (χ0v) is 15.4. The highest BCUT2D eigenvalue weighted by atomic mass is 19.4. The highest BCUT2D eigenvalue weighted by molar-refractivity contribution is 5.84. The average Bonchev–Trinajstić information content (AvgIpc) is 3.53. The standard InChI is InChI=1S/C23H17F3O3/c1-28-22(27)21-20(29-21)19-17(14-6-3-2-4-7-14)8-5-9-18(19)15-10-12-16(13-11-15)23(24,25)26/h2-13,20-21H,1H3/t20-,21+/m0/s1. The van der Waals surface area contributed by atoms with Crippen LogP contribution in [0.4, 0.5) is 13.2 Å². The van der Waals surface area contributed by atoms with Crippen LogP contribution in [0.2, 0.25) is 0 Å². The zero-order chi connectivity index (χ0) is 20.6. The van der Waals surface area contributed by atoms with Crippen LogP contribution < -0.4 is 0 Å². The predicted octanol–water partition coefficient (Wildman–Crippen LogP) is 5.65. The fraction of sp³-hybridized carbons (Fsp3) is 0.174. The van der Waals surface area contributed by atoms with Crippen molar-refractivity contribution in [2.45, 2.75) is 18.4 Å². The Balaban J connectivity index is 1.83. The van der Waals surface area contributed by atoms with Crippen molar-refractivity contribution in [3.8, 4) is 22.3 Å². The molecule has 1 aliphatic rings. The molecule has 1 saturated heterocycles. The van der Waals surface area contributed by atoms with Gasteiger partial charge in [0.2, 0.25) is 0 Å². The van der Waals surface area contributed by atoms with Crippen LogP contribution in [-0.2, 0) is 20.4 Å². The molecule has 3 aromatic carbocycles. The summed E-state index contributed by atoms with van der Waals surface area (Å²) >= 11 is 0. The number of methoxy groups -OCH3 is 1. The van der Waals surface area contributed by atoms with Crippen molar-refractivity contribution in [1.29, 1.82) is 0 Å². The molecule has 1 fully saturated rings. The largest absolute Gasteiger partial charge is 0.467 e. The lowest BCUT2D eigenvalue weighted by Gasteiger charge is -2.15. The maximum atomic E-state index is 12.9. The Bertz CT molecular complexity index is 1030. The molecule has 0 radical (unpaired) electrons. The molecule has 0 saturated carbocycles. The van der Waals surface area contributed by atoms with Gasteiger partial charge in [-0.15, -0.1) is 0 Å². The van der Waals surface area contributed by atoms with Crippen molar-refractivity contribution in [2.24, 2.45) is 0 Å². The molecule has 4 rings (SSSR count). The van der Waals surface area contributed by atoms with Gasteiger partial charge in [-0.3, -0.25) is 0 Å². The van der Waals surface area contributed by atoms with Gasteiger partial charge in [-0.05, 0) is 39.9 Å². The molecule has 29 heavy (non-hydrogen) atoms. The summed E-state index contributed by atoms with van der Waals surface area (Å²) in [5.41, 5.74) is 3.17. The summed E-state index contributed by atoms with van der Waals surface area (Å²) < 4.78 is 49.2. The molecule has 2 atom stereocenters. The topological polar surface area (TPSA) is 38.8 Å². The average molecular weight is 398 g/mol. The molecule has 1 aliphatic heterocycles. The number of epoxide rings is 1. The summed E-state index contributed by atoms with van der Waals surface area (Å²) in [6.45, 7) is 0. The summed E-state index contributed by atoms with van der Waals surface area (Å²) in [6, 6.07) is 20.1. The van der Waals surface area contributed by atoms with Gasteiger partial charge in [-0.1, -0.05) is 60.7 Å². The van der Waals surface area contributed by atoms with Crippen molar-refractivity contribution in [1.82, 2.24) is 0 Å². The highest BCUT2D eigenvalue weighted by Gasteiger charge is 2.49. The fourth-order valence-electron chi connectivity index (χ4n) is 3.46. The number of carbonyl (C=O) groups excluding carboxylic acids is 1. The molecule has 0 spiro atoms.